The van der Waals surface area contributed by atoms with Crippen LogP contribution in [0.5, 0.6) is 5.75 Å². The molecule has 0 spiro atoms. The molecule has 0 aliphatic carbocycles. The number of fused-ring (bicyclic) bond motifs is 3. The predicted molar refractivity (Wildman–Crippen MR) is 85.3 cm³/mol. The van der Waals surface area contributed by atoms with E-state index in [1.54, 1.807) is 6.07 Å². The Kier molecular flexibility index (Phi) is 3.01. The maximum atomic E-state index is 10.2. The molecule has 0 bridgehead atoms. The number of phenols is 1. The lowest BCUT2D eigenvalue weighted by Gasteiger charge is -2.05. The second-order valence-electron chi connectivity index (χ2n) is 5.65. The number of rotatable bonds is 2. The molecule has 0 aliphatic rings. The van der Waals surface area contributed by atoms with Gasteiger partial charge in [-0.15, -0.1) is 0 Å². The van der Waals surface area contributed by atoms with Gasteiger partial charge in [-0.05, 0) is 51.5 Å². The average molecular weight is 265 g/mol. The normalized spacial score (nSPS) is 11.2. The number of hydrogen-bond acceptors (Lipinski definition) is 1. The first-order valence-electron chi connectivity index (χ1n) is 6.92. The van der Waals surface area contributed by atoms with Gasteiger partial charge in [-0.3, -0.25) is 0 Å². The van der Waals surface area contributed by atoms with Crippen LogP contribution in [0.1, 0.15) is 25.0 Å². The van der Waals surface area contributed by atoms with Crippen molar-refractivity contribution in [3.8, 4) is 5.75 Å². The first kappa shape index (κ1) is 12.8. The van der Waals surface area contributed by atoms with E-state index in [9.17, 15) is 5.11 Å². The van der Waals surface area contributed by atoms with Crippen LogP contribution in [0.15, 0.2) is 42.0 Å². The fourth-order valence-corrected chi connectivity index (χ4v) is 2.68. The molecule has 2 nitrogen and oxygen atoms in total. The van der Waals surface area contributed by atoms with Crippen molar-refractivity contribution in [2.45, 2.75) is 27.2 Å². The average Bonchev–Trinajstić information content (AvgIpc) is 2.75. The number of aromatic amines is 1. The highest BCUT2D eigenvalue weighted by Crippen LogP contribution is 2.34. The summed E-state index contributed by atoms with van der Waals surface area (Å²) >= 11 is 0. The summed E-state index contributed by atoms with van der Waals surface area (Å²) in [6.07, 6.45) is 2.91. The second-order valence-corrected chi connectivity index (χ2v) is 5.65. The van der Waals surface area contributed by atoms with Crippen LogP contribution in [-0.4, -0.2) is 10.1 Å². The van der Waals surface area contributed by atoms with Gasteiger partial charge in [0.15, 0.2) is 0 Å². The third-order valence-electron chi connectivity index (χ3n) is 3.72. The molecule has 0 atom stereocenters. The Morgan fingerprint density at radius 2 is 1.90 bits per heavy atom. The van der Waals surface area contributed by atoms with Gasteiger partial charge >= 0.3 is 0 Å². The summed E-state index contributed by atoms with van der Waals surface area (Å²) in [6, 6.07) is 10.1. The molecule has 3 aromatic rings. The fourth-order valence-electron chi connectivity index (χ4n) is 2.68. The maximum Gasteiger partial charge on any atom is 0.119 e. The van der Waals surface area contributed by atoms with Crippen LogP contribution < -0.4 is 0 Å². The molecule has 0 saturated heterocycles. The van der Waals surface area contributed by atoms with Crippen molar-refractivity contribution in [2.75, 3.05) is 0 Å². The molecule has 1 heterocycles. The van der Waals surface area contributed by atoms with Crippen LogP contribution >= 0.6 is 0 Å². The number of H-pyrrole nitrogens is 1. The summed E-state index contributed by atoms with van der Waals surface area (Å²) in [5, 5.41) is 12.6. The molecular weight excluding hydrogens is 246 g/mol. The van der Waals surface area contributed by atoms with Crippen LogP contribution in [0.25, 0.3) is 21.8 Å². The minimum absolute atomic E-state index is 0.373. The van der Waals surface area contributed by atoms with Crippen molar-refractivity contribution in [1.82, 2.24) is 4.98 Å². The van der Waals surface area contributed by atoms with Crippen LogP contribution in [0.2, 0.25) is 0 Å². The third-order valence-corrected chi connectivity index (χ3v) is 3.72. The Labute approximate surface area is 118 Å². The van der Waals surface area contributed by atoms with Gasteiger partial charge in [0.2, 0.25) is 0 Å². The van der Waals surface area contributed by atoms with Gasteiger partial charge < -0.3 is 10.1 Å². The number of nitrogens with one attached hydrogen (secondary N) is 1. The molecule has 102 valence electrons. The highest BCUT2D eigenvalue weighted by molar-refractivity contribution is 6.10. The van der Waals surface area contributed by atoms with Crippen molar-refractivity contribution in [3.05, 3.63) is 53.1 Å². The van der Waals surface area contributed by atoms with E-state index in [-0.39, 0.29) is 0 Å². The van der Waals surface area contributed by atoms with Gasteiger partial charge in [-0.2, -0.15) is 0 Å². The largest absolute Gasteiger partial charge is 0.508 e. The summed E-state index contributed by atoms with van der Waals surface area (Å²) in [6.45, 7) is 6.25. The molecule has 0 amide bonds. The van der Waals surface area contributed by atoms with Crippen LogP contribution in [0, 0.1) is 6.92 Å². The summed E-state index contributed by atoms with van der Waals surface area (Å²) < 4.78 is 0. The van der Waals surface area contributed by atoms with E-state index >= 15 is 0 Å². The number of aromatic nitrogens is 1. The van der Waals surface area contributed by atoms with E-state index in [1.165, 1.54) is 16.5 Å². The number of hydrogen-bond donors (Lipinski definition) is 2. The van der Waals surface area contributed by atoms with Crippen LogP contribution in [0.4, 0.5) is 0 Å². The number of aryl methyl sites for hydroxylation is 1. The number of benzene rings is 2. The molecule has 0 aliphatic heterocycles. The zero-order chi connectivity index (χ0) is 14.3. The van der Waals surface area contributed by atoms with E-state index in [1.807, 2.05) is 6.07 Å². The zero-order valence-electron chi connectivity index (χ0n) is 12.1. The quantitative estimate of drug-likeness (QED) is 0.639. The van der Waals surface area contributed by atoms with Gasteiger partial charge in [0.05, 0.1) is 0 Å². The fraction of sp³-hybridized carbons (Fsp3) is 0.222. The van der Waals surface area contributed by atoms with Gasteiger partial charge in [0.1, 0.15) is 5.75 Å². The highest BCUT2D eigenvalue weighted by Gasteiger charge is 2.12. The molecule has 1 aromatic heterocycles. The first-order valence-corrected chi connectivity index (χ1v) is 6.92. The summed E-state index contributed by atoms with van der Waals surface area (Å²) in [4.78, 5) is 3.43. The third kappa shape index (κ3) is 2.07. The number of aromatic hydroxyl groups is 1. The second kappa shape index (κ2) is 4.71. The Balaban J connectivity index is 2.36. The Morgan fingerprint density at radius 1 is 1.15 bits per heavy atom. The molecular formula is C18H19NO. The smallest absolute Gasteiger partial charge is 0.119 e. The molecule has 0 radical (unpaired) electrons. The van der Waals surface area contributed by atoms with Crippen molar-refractivity contribution in [2.24, 2.45) is 0 Å². The van der Waals surface area contributed by atoms with Crippen LogP contribution in [0.3, 0.4) is 0 Å². The first-order chi connectivity index (χ1) is 9.56. The van der Waals surface area contributed by atoms with Crippen molar-refractivity contribution < 1.29 is 5.11 Å². The lowest BCUT2D eigenvalue weighted by Crippen LogP contribution is -1.86. The van der Waals surface area contributed by atoms with E-state index in [0.29, 0.717) is 5.75 Å². The van der Waals surface area contributed by atoms with Crippen molar-refractivity contribution in [1.29, 1.82) is 0 Å². The predicted octanol–water partition coefficient (Wildman–Crippen LogP) is 4.84. The Hall–Kier alpha value is -2.22. The lowest BCUT2D eigenvalue weighted by molar-refractivity contribution is 0.471. The minimum Gasteiger partial charge on any atom is -0.508 e. The van der Waals surface area contributed by atoms with Gasteiger partial charge in [0, 0.05) is 27.4 Å². The van der Waals surface area contributed by atoms with E-state index < -0.39 is 0 Å². The highest BCUT2D eigenvalue weighted by atomic mass is 16.3. The standard InChI is InChI=1S/C18H19NO/c1-11(2)4-6-13-17(20)9-8-16-18(13)14-10-12(3)5-7-15(14)19-16/h4-5,7-10,19-20H,6H2,1-3H3. The maximum absolute atomic E-state index is 10.2. The molecule has 2 N–H and O–H groups in total. The lowest BCUT2D eigenvalue weighted by atomic mass is 10.0. The molecule has 0 saturated carbocycles. The van der Waals surface area contributed by atoms with Gasteiger partial charge in [0.25, 0.3) is 0 Å². The molecule has 3 rings (SSSR count). The topological polar surface area (TPSA) is 36.0 Å². The van der Waals surface area contributed by atoms with Crippen molar-refractivity contribution in [3.63, 3.8) is 0 Å². The molecule has 2 aromatic carbocycles. The minimum atomic E-state index is 0.373. The van der Waals surface area contributed by atoms with Crippen LogP contribution in [-0.2, 0) is 6.42 Å². The Morgan fingerprint density at radius 3 is 2.65 bits per heavy atom. The number of phenolic OH excluding ortho intramolecular Hbond substituents is 1. The SMILES string of the molecule is CC(C)=CCc1c(O)ccc2[nH]c3ccc(C)cc3c12. The summed E-state index contributed by atoms with van der Waals surface area (Å²) in [5.74, 6) is 0.373. The summed E-state index contributed by atoms with van der Waals surface area (Å²) in [5.41, 5.74) is 5.70. The molecule has 0 unspecified atom stereocenters. The van der Waals surface area contributed by atoms with Crippen molar-refractivity contribution >= 4 is 21.8 Å². The molecule has 20 heavy (non-hydrogen) atoms. The van der Waals surface area contributed by atoms with E-state index in [0.717, 1.165) is 28.4 Å². The number of allylic oxidation sites excluding steroid dienone is 2. The molecule has 2 heteroatoms. The van der Waals surface area contributed by atoms with Gasteiger partial charge in [-0.1, -0.05) is 23.3 Å². The van der Waals surface area contributed by atoms with Gasteiger partial charge in [-0.25, -0.2) is 0 Å². The van der Waals surface area contributed by atoms with E-state index in [4.69, 9.17) is 0 Å². The Bertz CT molecular complexity index is 820. The zero-order valence-corrected chi connectivity index (χ0v) is 12.1. The summed E-state index contributed by atoms with van der Waals surface area (Å²) in [7, 11) is 0. The monoisotopic (exact) mass is 265 g/mol. The molecule has 0 fully saturated rings. The van der Waals surface area contributed by atoms with E-state index in [2.05, 4.69) is 50.0 Å².